The molecule has 132 valence electrons. The van der Waals surface area contributed by atoms with Gasteiger partial charge in [0.2, 0.25) is 5.91 Å². The minimum Gasteiger partial charge on any atom is -0.356 e. The number of rotatable bonds is 7. The van der Waals surface area contributed by atoms with Crippen LogP contribution in [0.4, 0.5) is 0 Å². The average molecular weight is 352 g/mol. The molecule has 6 heteroatoms. The van der Waals surface area contributed by atoms with Crippen LogP contribution in [-0.2, 0) is 4.79 Å². The molecule has 1 aliphatic rings. The molecule has 1 saturated heterocycles. The lowest BCUT2D eigenvalue weighted by Crippen LogP contribution is -2.45. The van der Waals surface area contributed by atoms with E-state index in [1.54, 1.807) is 17.0 Å². The number of amides is 2. The van der Waals surface area contributed by atoms with Crippen molar-refractivity contribution < 1.29 is 9.59 Å². The molecule has 24 heavy (non-hydrogen) atoms. The van der Waals surface area contributed by atoms with Crippen molar-refractivity contribution >= 4 is 23.4 Å². The highest BCUT2D eigenvalue weighted by Gasteiger charge is 2.28. The number of aromatic nitrogens is 1. The Labute approximate surface area is 148 Å². The van der Waals surface area contributed by atoms with Crippen molar-refractivity contribution in [2.24, 2.45) is 5.92 Å². The summed E-state index contributed by atoms with van der Waals surface area (Å²) in [4.78, 5) is 30.5. The molecule has 0 bridgehead atoms. The molecule has 1 fully saturated rings. The maximum Gasteiger partial charge on any atom is 0.255 e. The predicted molar refractivity (Wildman–Crippen MR) is 95.0 cm³/mol. The van der Waals surface area contributed by atoms with Crippen molar-refractivity contribution in [1.29, 1.82) is 0 Å². The van der Waals surface area contributed by atoms with E-state index >= 15 is 0 Å². The fourth-order valence-corrected chi connectivity index (χ4v) is 3.08. The Balaban J connectivity index is 1.83. The molecule has 0 aromatic carbocycles. The molecule has 2 heterocycles. The van der Waals surface area contributed by atoms with Gasteiger partial charge in [-0.15, -0.1) is 0 Å². The molecule has 1 aliphatic heterocycles. The first-order valence-corrected chi connectivity index (χ1v) is 9.18. The van der Waals surface area contributed by atoms with Gasteiger partial charge in [0.05, 0.1) is 11.5 Å². The third kappa shape index (κ3) is 5.48. The summed E-state index contributed by atoms with van der Waals surface area (Å²) >= 11 is 5.76. The molecule has 0 aliphatic carbocycles. The monoisotopic (exact) mass is 351 g/mol. The first-order chi connectivity index (χ1) is 11.6. The summed E-state index contributed by atoms with van der Waals surface area (Å²) in [7, 11) is 0. The summed E-state index contributed by atoms with van der Waals surface area (Å²) in [5, 5.41) is 3.38. The van der Waals surface area contributed by atoms with Gasteiger partial charge in [-0.05, 0) is 31.4 Å². The van der Waals surface area contributed by atoms with Crippen LogP contribution in [0.5, 0.6) is 0 Å². The van der Waals surface area contributed by atoms with Gasteiger partial charge >= 0.3 is 0 Å². The van der Waals surface area contributed by atoms with E-state index in [4.69, 9.17) is 11.6 Å². The molecule has 1 atom stereocenters. The standard InChI is InChI=1S/C18H26ClN3O2/c1-2-3-4-5-10-20-17(23)15-7-6-11-22(13-15)18(24)14-8-9-16(19)21-12-14/h8-9,12,15H,2-7,10-11,13H2,1H3,(H,20,23). The molecule has 1 unspecified atom stereocenters. The number of hydrogen-bond donors (Lipinski definition) is 1. The molecule has 1 N–H and O–H groups in total. The molecule has 0 radical (unpaired) electrons. The van der Waals surface area contributed by atoms with Gasteiger partial charge in [-0.3, -0.25) is 9.59 Å². The van der Waals surface area contributed by atoms with E-state index < -0.39 is 0 Å². The lowest BCUT2D eigenvalue weighted by molar-refractivity contribution is -0.126. The normalized spacial score (nSPS) is 17.6. The first-order valence-electron chi connectivity index (χ1n) is 8.80. The van der Waals surface area contributed by atoms with E-state index in [9.17, 15) is 9.59 Å². The Morgan fingerprint density at radius 2 is 2.17 bits per heavy atom. The summed E-state index contributed by atoms with van der Waals surface area (Å²) in [6, 6.07) is 3.29. The minimum absolute atomic E-state index is 0.0678. The summed E-state index contributed by atoms with van der Waals surface area (Å²) < 4.78 is 0. The number of piperidine rings is 1. The summed E-state index contributed by atoms with van der Waals surface area (Å²) in [5.41, 5.74) is 0.514. The maximum atomic E-state index is 12.5. The molecular formula is C18H26ClN3O2. The number of hydrogen-bond acceptors (Lipinski definition) is 3. The van der Waals surface area contributed by atoms with Crippen molar-refractivity contribution in [3.8, 4) is 0 Å². The topological polar surface area (TPSA) is 62.3 Å². The second-order valence-corrected chi connectivity index (χ2v) is 6.70. The Hall–Kier alpha value is -1.62. The molecule has 5 nitrogen and oxygen atoms in total. The summed E-state index contributed by atoms with van der Waals surface area (Å²) in [6.45, 7) is 4.05. The molecule has 0 spiro atoms. The van der Waals surface area contributed by atoms with Gasteiger partial charge < -0.3 is 10.2 Å². The van der Waals surface area contributed by atoms with Gasteiger partial charge in [0.1, 0.15) is 5.15 Å². The Bertz CT molecular complexity index is 548. The van der Waals surface area contributed by atoms with Crippen LogP contribution >= 0.6 is 11.6 Å². The van der Waals surface area contributed by atoms with E-state index in [1.807, 2.05) is 0 Å². The second-order valence-electron chi connectivity index (χ2n) is 6.31. The van der Waals surface area contributed by atoms with E-state index in [0.29, 0.717) is 23.8 Å². The van der Waals surface area contributed by atoms with Crippen molar-refractivity contribution in [2.75, 3.05) is 19.6 Å². The van der Waals surface area contributed by atoms with E-state index in [2.05, 4.69) is 17.2 Å². The van der Waals surface area contributed by atoms with Gasteiger partial charge in [0, 0.05) is 25.8 Å². The van der Waals surface area contributed by atoms with Crippen molar-refractivity contribution in [1.82, 2.24) is 15.2 Å². The van der Waals surface area contributed by atoms with E-state index in [0.717, 1.165) is 32.2 Å². The van der Waals surface area contributed by atoms with Crippen LogP contribution in [0.25, 0.3) is 0 Å². The predicted octanol–water partition coefficient (Wildman–Crippen LogP) is 3.28. The Morgan fingerprint density at radius 1 is 1.33 bits per heavy atom. The zero-order valence-corrected chi connectivity index (χ0v) is 15.0. The van der Waals surface area contributed by atoms with E-state index in [-0.39, 0.29) is 17.7 Å². The van der Waals surface area contributed by atoms with Gasteiger partial charge in [-0.25, -0.2) is 4.98 Å². The highest BCUT2D eigenvalue weighted by atomic mass is 35.5. The van der Waals surface area contributed by atoms with Crippen LogP contribution in [0, 0.1) is 5.92 Å². The number of nitrogens with one attached hydrogen (secondary N) is 1. The molecule has 0 saturated carbocycles. The summed E-state index contributed by atoms with van der Waals surface area (Å²) in [6.07, 6.45) is 7.73. The quantitative estimate of drug-likeness (QED) is 0.605. The van der Waals surface area contributed by atoms with Crippen molar-refractivity contribution in [3.63, 3.8) is 0 Å². The van der Waals surface area contributed by atoms with Crippen molar-refractivity contribution in [2.45, 2.75) is 45.4 Å². The SMILES string of the molecule is CCCCCCNC(=O)C1CCCN(C(=O)c2ccc(Cl)nc2)C1. The number of carbonyl (C=O) groups excluding carboxylic acids is 2. The number of pyridine rings is 1. The van der Waals surface area contributed by atoms with Crippen LogP contribution in [0.15, 0.2) is 18.3 Å². The third-order valence-electron chi connectivity index (χ3n) is 4.38. The van der Waals surface area contributed by atoms with Crippen LogP contribution < -0.4 is 5.32 Å². The molecule has 2 amide bonds. The fourth-order valence-electron chi connectivity index (χ4n) is 2.97. The fraction of sp³-hybridized carbons (Fsp3) is 0.611. The third-order valence-corrected chi connectivity index (χ3v) is 4.61. The number of likely N-dealkylation sites (tertiary alicyclic amines) is 1. The van der Waals surface area contributed by atoms with Crippen LogP contribution in [0.3, 0.4) is 0 Å². The van der Waals surface area contributed by atoms with Crippen molar-refractivity contribution in [3.05, 3.63) is 29.0 Å². The Kier molecular flexibility index (Phi) is 7.50. The zero-order chi connectivity index (χ0) is 17.4. The highest BCUT2D eigenvalue weighted by molar-refractivity contribution is 6.29. The van der Waals surface area contributed by atoms with Crippen LogP contribution in [0.1, 0.15) is 55.8 Å². The van der Waals surface area contributed by atoms with Gasteiger partial charge in [0.15, 0.2) is 0 Å². The van der Waals surface area contributed by atoms with Gasteiger partial charge in [-0.2, -0.15) is 0 Å². The van der Waals surface area contributed by atoms with Crippen LogP contribution in [0.2, 0.25) is 5.15 Å². The molecule has 1 aromatic rings. The number of nitrogens with zero attached hydrogens (tertiary/aromatic N) is 2. The number of unbranched alkanes of at least 4 members (excludes halogenated alkanes) is 3. The smallest absolute Gasteiger partial charge is 0.255 e. The molecule has 1 aromatic heterocycles. The number of halogens is 1. The average Bonchev–Trinajstić information content (AvgIpc) is 2.61. The molecular weight excluding hydrogens is 326 g/mol. The maximum absolute atomic E-state index is 12.5. The lowest BCUT2D eigenvalue weighted by Gasteiger charge is -2.32. The number of carbonyl (C=O) groups is 2. The largest absolute Gasteiger partial charge is 0.356 e. The first kappa shape index (κ1) is 18.7. The lowest BCUT2D eigenvalue weighted by atomic mass is 9.96. The summed E-state index contributed by atoms with van der Waals surface area (Å²) in [5.74, 6) is -0.132. The minimum atomic E-state index is -0.117. The highest BCUT2D eigenvalue weighted by Crippen LogP contribution is 2.19. The second kappa shape index (κ2) is 9.62. The van der Waals surface area contributed by atoms with Crippen LogP contribution in [-0.4, -0.2) is 41.3 Å². The zero-order valence-electron chi connectivity index (χ0n) is 14.3. The van der Waals surface area contributed by atoms with Gasteiger partial charge in [-0.1, -0.05) is 37.8 Å². The van der Waals surface area contributed by atoms with E-state index in [1.165, 1.54) is 19.0 Å². The molecule has 2 rings (SSSR count). The Morgan fingerprint density at radius 3 is 2.88 bits per heavy atom. The van der Waals surface area contributed by atoms with Gasteiger partial charge in [0.25, 0.3) is 5.91 Å².